The molecule has 2 saturated heterocycles. The Morgan fingerprint density at radius 3 is 2.61 bits per heavy atom. The van der Waals surface area contributed by atoms with E-state index in [9.17, 15) is 9.59 Å². The number of rotatable bonds is 6. The Morgan fingerprint density at radius 1 is 1.23 bits per heavy atom. The van der Waals surface area contributed by atoms with Crippen molar-refractivity contribution in [3.8, 4) is 0 Å². The predicted molar refractivity (Wildman–Crippen MR) is 134 cm³/mol. The average Bonchev–Trinajstić information content (AvgIpc) is 3.10. The summed E-state index contributed by atoms with van der Waals surface area (Å²) >= 11 is 14.2. The van der Waals surface area contributed by atoms with Crippen molar-refractivity contribution < 1.29 is 9.59 Å². The molecule has 0 spiro atoms. The smallest absolute Gasteiger partial charge is 0.238 e. The molecule has 2 heterocycles. The molecule has 3 atom stereocenters. The SMILES string of the molecule is CCc1ccc(NC(=O)CSC2NC(=O)C3SC(=S)N(c4ccc(Cl)cc4)C3N2)cc1. The van der Waals surface area contributed by atoms with E-state index in [4.69, 9.17) is 23.8 Å². The molecule has 2 amide bonds. The number of aryl methyl sites for hydroxylation is 1. The second-order valence-electron chi connectivity index (χ2n) is 7.06. The van der Waals surface area contributed by atoms with Gasteiger partial charge in [-0.1, -0.05) is 54.6 Å². The normalized spacial score (nSPS) is 22.8. The van der Waals surface area contributed by atoms with Crippen molar-refractivity contribution in [1.29, 1.82) is 0 Å². The van der Waals surface area contributed by atoms with E-state index < -0.39 is 5.50 Å². The molecule has 0 bridgehead atoms. The number of carbonyl (C=O) groups is 2. The van der Waals surface area contributed by atoms with Gasteiger partial charge in [0.1, 0.15) is 21.2 Å². The summed E-state index contributed by atoms with van der Waals surface area (Å²) in [5.74, 6) is -0.0254. The molecule has 6 nitrogen and oxygen atoms in total. The Labute approximate surface area is 199 Å². The number of thiocarbonyl (C=S) groups is 1. The van der Waals surface area contributed by atoms with Gasteiger partial charge in [0.15, 0.2) is 0 Å². The first kappa shape index (κ1) is 22.4. The van der Waals surface area contributed by atoms with Crippen LogP contribution in [0.25, 0.3) is 0 Å². The number of anilines is 2. The van der Waals surface area contributed by atoms with Gasteiger partial charge >= 0.3 is 0 Å². The van der Waals surface area contributed by atoms with E-state index in [1.54, 1.807) is 12.1 Å². The van der Waals surface area contributed by atoms with Gasteiger partial charge in [0.25, 0.3) is 0 Å². The fourth-order valence-corrected chi connectivity index (χ4v) is 5.92. The lowest BCUT2D eigenvalue weighted by Crippen LogP contribution is -2.64. The van der Waals surface area contributed by atoms with Crippen LogP contribution in [0.5, 0.6) is 0 Å². The summed E-state index contributed by atoms with van der Waals surface area (Å²) in [5.41, 5.74) is 2.44. The third-order valence-corrected chi connectivity index (χ3v) is 7.85. The molecule has 31 heavy (non-hydrogen) atoms. The van der Waals surface area contributed by atoms with Crippen molar-refractivity contribution in [2.75, 3.05) is 16.0 Å². The largest absolute Gasteiger partial charge is 0.331 e. The highest BCUT2D eigenvalue weighted by Crippen LogP contribution is 2.37. The minimum Gasteiger partial charge on any atom is -0.331 e. The monoisotopic (exact) mass is 492 g/mol. The number of carbonyl (C=O) groups excluding carboxylic acids is 2. The third-order valence-electron chi connectivity index (χ3n) is 4.98. The summed E-state index contributed by atoms with van der Waals surface area (Å²) < 4.78 is 0.624. The summed E-state index contributed by atoms with van der Waals surface area (Å²) in [6.45, 7) is 2.09. The highest BCUT2D eigenvalue weighted by molar-refractivity contribution is 8.24. The first-order valence-corrected chi connectivity index (χ1v) is 12.5. The van der Waals surface area contributed by atoms with E-state index in [1.165, 1.54) is 29.1 Å². The summed E-state index contributed by atoms with van der Waals surface area (Å²) in [6.07, 6.45) is 0.656. The van der Waals surface area contributed by atoms with E-state index in [2.05, 4.69) is 22.9 Å². The molecule has 2 aromatic rings. The maximum Gasteiger partial charge on any atom is 0.238 e. The lowest BCUT2D eigenvalue weighted by molar-refractivity contribution is -0.122. The Kier molecular flexibility index (Phi) is 7.08. The standard InChI is InChI=1S/C21H21ClN4O2S3/c1-2-12-3-7-14(8-4-12)23-16(27)11-30-20-24-18-17(19(28)25-20)31-21(29)26(18)15-9-5-13(22)6-10-15/h3-10,17-18,20,24H,2,11H2,1H3,(H,23,27)(H,25,28). The lowest BCUT2D eigenvalue weighted by Gasteiger charge is -2.36. The van der Waals surface area contributed by atoms with Crippen LogP contribution in [0.15, 0.2) is 48.5 Å². The molecule has 3 unspecified atom stereocenters. The fourth-order valence-electron chi connectivity index (χ4n) is 3.38. The van der Waals surface area contributed by atoms with E-state index in [0.29, 0.717) is 9.34 Å². The number of fused-ring (bicyclic) bond motifs is 1. The first-order valence-electron chi connectivity index (χ1n) is 9.77. The van der Waals surface area contributed by atoms with E-state index >= 15 is 0 Å². The van der Waals surface area contributed by atoms with Crippen molar-refractivity contribution in [3.05, 3.63) is 59.1 Å². The van der Waals surface area contributed by atoms with Gasteiger partial charge in [-0.3, -0.25) is 14.9 Å². The van der Waals surface area contributed by atoms with E-state index in [1.807, 2.05) is 41.3 Å². The summed E-state index contributed by atoms with van der Waals surface area (Å²) in [7, 11) is 0. The molecule has 2 aliphatic heterocycles. The Balaban J connectivity index is 1.37. The predicted octanol–water partition coefficient (Wildman–Crippen LogP) is 3.81. The van der Waals surface area contributed by atoms with Gasteiger partial charge in [-0.2, -0.15) is 0 Å². The van der Waals surface area contributed by atoms with Gasteiger partial charge < -0.3 is 15.5 Å². The van der Waals surface area contributed by atoms with Crippen LogP contribution in [-0.4, -0.2) is 38.8 Å². The van der Waals surface area contributed by atoms with Crippen molar-refractivity contribution in [2.24, 2.45) is 0 Å². The number of amides is 2. The first-order chi connectivity index (χ1) is 14.9. The maximum atomic E-state index is 12.7. The van der Waals surface area contributed by atoms with Crippen LogP contribution in [0.4, 0.5) is 11.4 Å². The number of hydrogen-bond donors (Lipinski definition) is 3. The molecule has 162 valence electrons. The summed E-state index contributed by atoms with van der Waals surface area (Å²) in [5, 5.41) is 9.51. The minimum absolute atomic E-state index is 0.0966. The van der Waals surface area contributed by atoms with Gasteiger partial charge in [0.05, 0.1) is 5.75 Å². The molecule has 2 fully saturated rings. The Bertz CT molecular complexity index is 987. The highest BCUT2D eigenvalue weighted by atomic mass is 35.5. The number of thioether (sulfide) groups is 2. The van der Waals surface area contributed by atoms with Crippen LogP contribution in [-0.2, 0) is 16.0 Å². The zero-order chi connectivity index (χ0) is 22.0. The second-order valence-corrected chi connectivity index (χ2v) is 10.4. The van der Waals surface area contributed by atoms with Crippen LogP contribution in [0.1, 0.15) is 12.5 Å². The Hall–Kier alpha value is -1.78. The number of benzene rings is 2. The van der Waals surface area contributed by atoms with Crippen molar-refractivity contribution >= 4 is 74.9 Å². The van der Waals surface area contributed by atoms with Crippen molar-refractivity contribution in [1.82, 2.24) is 10.6 Å². The molecule has 0 saturated carbocycles. The fraction of sp³-hybridized carbons (Fsp3) is 0.286. The Morgan fingerprint density at radius 2 is 1.94 bits per heavy atom. The van der Waals surface area contributed by atoms with Gasteiger partial charge in [0.2, 0.25) is 11.8 Å². The zero-order valence-corrected chi connectivity index (χ0v) is 19.8. The topological polar surface area (TPSA) is 73.5 Å². The lowest BCUT2D eigenvalue weighted by atomic mass is 10.1. The maximum absolute atomic E-state index is 12.7. The summed E-state index contributed by atoms with van der Waals surface area (Å²) in [6, 6.07) is 15.1. The molecular formula is C21H21ClN4O2S3. The number of nitrogens with zero attached hydrogens (tertiary/aromatic N) is 1. The van der Waals surface area contributed by atoms with E-state index in [-0.39, 0.29) is 29.0 Å². The zero-order valence-electron chi connectivity index (χ0n) is 16.6. The van der Waals surface area contributed by atoms with Crippen molar-refractivity contribution in [3.63, 3.8) is 0 Å². The highest BCUT2D eigenvalue weighted by Gasteiger charge is 2.47. The molecular weight excluding hydrogens is 472 g/mol. The molecule has 2 aliphatic rings. The molecule has 0 aromatic heterocycles. The summed E-state index contributed by atoms with van der Waals surface area (Å²) in [4.78, 5) is 27.0. The number of nitrogens with one attached hydrogen (secondary N) is 3. The molecule has 4 rings (SSSR count). The van der Waals surface area contributed by atoms with Gasteiger partial charge in [0, 0.05) is 16.4 Å². The van der Waals surface area contributed by atoms with Crippen LogP contribution < -0.4 is 20.9 Å². The second kappa shape index (κ2) is 9.79. The number of hydrogen-bond acceptors (Lipinski definition) is 6. The average molecular weight is 493 g/mol. The quantitative estimate of drug-likeness (QED) is 0.529. The third kappa shape index (κ3) is 5.18. The molecule has 0 radical (unpaired) electrons. The van der Waals surface area contributed by atoms with Gasteiger partial charge in [-0.05, 0) is 48.4 Å². The number of halogens is 1. The van der Waals surface area contributed by atoms with Crippen LogP contribution in [0.2, 0.25) is 5.02 Å². The van der Waals surface area contributed by atoms with Crippen molar-refractivity contribution in [2.45, 2.75) is 30.3 Å². The molecule has 10 heteroatoms. The van der Waals surface area contributed by atoms with Gasteiger partial charge in [-0.25, -0.2) is 0 Å². The van der Waals surface area contributed by atoms with Crippen LogP contribution >= 0.6 is 47.3 Å². The van der Waals surface area contributed by atoms with Crippen LogP contribution in [0.3, 0.4) is 0 Å². The molecule has 0 aliphatic carbocycles. The molecule has 2 aromatic carbocycles. The van der Waals surface area contributed by atoms with Gasteiger partial charge in [-0.15, -0.1) is 11.8 Å². The van der Waals surface area contributed by atoms with Crippen LogP contribution in [0, 0.1) is 0 Å². The molecule has 3 N–H and O–H groups in total. The van der Waals surface area contributed by atoms with E-state index in [0.717, 1.165) is 17.8 Å². The minimum atomic E-state index is -0.404.